The highest BCUT2D eigenvalue weighted by Gasteiger charge is 2.24. The molecule has 1 rings (SSSR count). The van der Waals surface area contributed by atoms with E-state index >= 15 is 0 Å². The molecule has 0 aliphatic rings. The van der Waals surface area contributed by atoms with E-state index in [1.54, 1.807) is 12.1 Å². The standard InChI is InChI=1S/C20H34N4O3/c1-7-21-17(22-12-11-15-9-8-10-16(25)13-15)23-14-20(5,6)24-18(26)27-19(2,3)4/h8-10,13,25H,7,11-12,14H2,1-6H3,(H,24,26)(H2,21,22,23). The van der Waals surface area contributed by atoms with Gasteiger partial charge in [-0.05, 0) is 65.7 Å². The first kappa shape index (κ1) is 22.6. The summed E-state index contributed by atoms with van der Waals surface area (Å²) in [6.07, 6.45) is 0.308. The SMILES string of the molecule is CCNC(=NCC(C)(C)NC(=O)OC(C)(C)C)NCCc1cccc(O)c1. The van der Waals surface area contributed by atoms with E-state index < -0.39 is 17.2 Å². The predicted octanol–water partition coefficient (Wildman–Crippen LogP) is 2.79. The topological polar surface area (TPSA) is 95.0 Å². The third-order valence-corrected chi connectivity index (χ3v) is 3.43. The van der Waals surface area contributed by atoms with Crippen LogP contribution in [0.1, 0.15) is 47.1 Å². The molecule has 0 aliphatic carbocycles. The van der Waals surface area contributed by atoms with Gasteiger partial charge in [0.1, 0.15) is 11.4 Å². The zero-order valence-electron chi connectivity index (χ0n) is 17.3. The number of aromatic hydroxyl groups is 1. The Morgan fingerprint density at radius 3 is 2.48 bits per heavy atom. The number of phenolic OH excluding ortho intramolecular Hbond substituents is 1. The fourth-order valence-electron chi connectivity index (χ4n) is 2.28. The van der Waals surface area contributed by atoms with Gasteiger partial charge in [0.15, 0.2) is 5.96 Å². The van der Waals surface area contributed by atoms with Crippen LogP contribution < -0.4 is 16.0 Å². The van der Waals surface area contributed by atoms with E-state index in [1.807, 2.05) is 53.7 Å². The lowest BCUT2D eigenvalue weighted by atomic mass is 10.1. The largest absolute Gasteiger partial charge is 0.508 e. The van der Waals surface area contributed by atoms with Crippen LogP contribution in [0.4, 0.5) is 4.79 Å². The van der Waals surface area contributed by atoms with Crippen LogP contribution >= 0.6 is 0 Å². The molecule has 0 aliphatic heterocycles. The number of phenols is 1. The van der Waals surface area contributed by atoms with Gasteiger partial charge in [-0.25, -0.2) is 4.79 Å². The molecule has 4 N–H and O–H groups in total. The highest BCUT2D eigenvalue weighted by atomic mass is 16.6. The molecule has 0 saturated heterocycles. The Morgan fingerprint density at radius 2 is 1.89 bits per heavy atom. The Hall–Kier alpha value is -2.44. The number of guanidine groups is 1. The molecule has 0 radical (unpaired) electrons. The molecule has 0 spiro atoms. The molecule has 0 heterocycles. The van der Waals surface area contributed by atoms with Crippen LogP contribution in [0.25, 0.3) is 0 Å². The summed E-state index contributed by atoms with van der Waals surface area (Å²) in [7, 11) is 0. The molecule has 0 atom stereocenters. The molecule has 152 valence electrons. The average molecular weight is 379 g/mol. The minimum Gasteiger partial charge on any atom is -0.508 e. The smallest absolute Gasteiger partial charge is 0.408 e. The molecule has 1 amide bonds. The van der Waals surface area contributed by atoms with Crippen LogP contribution in [0.5, 0.6) is 5.75 Å². The fourth-order valence-corrected chi connectivity index (χ4v) is 2.28. The maximum absolute atomic E-state index is 12.0. The summed E-state index contributed by atoms with van der Waals surface area (Å²) >= 11 is 0. The van der Waals surface area contributed by atoms with E-state index in [2.05, 4.69) is 20.9 Å². The molecule has 0 aromatic heterocycles. The van der Waals surface area contributed by atoms with Gasteiger partial charge in [-0.1, -0.05) is 12.1 Å². The van der Waals surface area contributed by atoms with Gasteiger partial charge in [-0.15, -0.1) is 0 Å². The molecule has 0 bridgehead atoms. The van der Waals surface area contributed by atoms with E-state index in [0.29, 0.717) is 19.0 Å². The summed E-state index contributed by atoms with van der Waals surface area (Å²) in [6, 6.07) is 7.20. The van der Waals surface area contributed by atoms with Crippen LogP contribution in [-0.2, 0) is 11.2 Å². The van der Waals surface area contributed by atoms with Crippen molar-refractivity contribution in [2.75, 3.05) is 19.6 Å². The molecule has 0 fully saturated rings. The number of ether oxygens (including phenoxy) is 1. The average Bonchev–Trinajstić information content (AvgIpc) is 2.50. The van der Waals surface area contributed by atoms with Gasteiger partial charge in [0.05, 0.1) is 12.1 Å². The van der Waals surface area contributed by atoms with Crippen LogP contribution in [0, 0.1) is 0 Å². The summed E-state index contributed by atoms with van der Waals surface area (Å²) < 4.78 is 5.30. The lowest BCUT2D eigenvalue weighted by Gasteiger charge is -2.27. The van der Waals surface area contributed by atoms with Crippen molar-refractivity contribution in [3.05, 3.63) is 29.8 Å². The number of hydrogen-bond acceptors (Lipinski definition) is 4. The van der Waals surface area contributed by atoms with Crippen LogP contribution in [-0.4, -0.2) is 47.9 Å². The maximum atomic E-state index is 12.0. The first-order chi connectivity index (χ1) is 12.5. The zero-order valence-corrected chi connectivity index (χ0v) is 17.3. The van der Waals surface area contributed by atoms with Gasteiger partial charge < -0.3 is 25.8 Å². The quantitative estimate of drug-likeness (QED) is 0.432. The minimum atomic E-state index is -0.546. The van der Waals surface area contributed by atoms with Gasteiger partial charge in [0, 0.05) is 13.1 Å². The normalized spacial score (nSPS) is 12.4. The summed E-state index contributed by atoms with van der Waals surface area (Å²) in [5.41, 5.74) is -0.0351. The highest BCUT2D eigenvalue weighted by molar-refractivity contribution is 5.79. The van der Waals surface area contributed by atoms with Crippen molar-refractivity contribution < 1.29 is 14.6 Å². The predicted molar refractivity (Wildman–Crippen MR) is 109 cm³/mol. The summed E-state index contributed by atoms with van der Waals surface area (Å²) in [6.45, 7) is 13.1. The Labute approximate surface area is 162 Å². The van der Waals surface area contributed by atoms with Crippen molar-refractivity contribution >= 4 is 12.1 Å². The first-order valence-corrected chi connectivity index (χ1v) is 9.32. The number of nitrogens with one attached hydrogen (secondary N) is 3. The van der Waals surface area contributed by atoms with E-state index in [4.69, 9.17) is 4.74 Å². The number of amides is 1. The van der Waals surface area contributed by atoms with Crippen molar-refractivity contribution in [3.8, 4) is 5.75 Å². The number of hydrogen-bond donors (Lipinski definition) is 4. The Balaban J connectivity index is 2.56. The van der Waals surface area contributed by atoms with E-state index in [1.165, 1.54) is 0 Å². The Kier molecular flexibility index (Phi) is 8.40. The monoisotopic (exact) mass is 378 g/mol. The molecular weight excluding hydrogens is 344 g/mol. The number of nitrogens with zero attached hydrogens (tertiary/aromatic N) is 1. The van der Waals surface area contributed by atoms with Gasteiger partial charge in [0.25, 0.3) is 0 Å². The number of benzene rings is 1. The fraction of sp³-hybridized carbons (Fsp3) is 0.600. The number of carbonyl (C=O) groups is 1. The van der Waals surface area contributed by atoms with Crippen LogP contribution in [0.2, 0.25) is 0 Å². The maximum Gasteiger partial charge on any atom is 0.408 e. The van der Waals surface area contributed by atoms with Crippen molar-refractivity contribution in [1.82, 2.24) is 16.0 Å². The summed E-state index contributed by atoms with van der Waals surface area (Å²) in [5, 5.41) is 18.8. The Morgan fingerprint density at radius 1 is 1.19 bits per heavy atom. The lowest BCUT2D eigenvalue weighted by molar-refractivity contribution is 0.0476. The number of carbonyl (C=O) groups excluding carboxylic acids is 1. The second-order valence-corrected chi connectivity index (χ2v) is 8.05. The van der Waals surface area contributed by atoms with E-state index in [9.17, 15) is 9.90 Å². The van der Waals surface area contributed by atoms with Crippen molar-refractivity contribution in [2.24, 2.45) is 4.99 Å². The number of rotatable bonds is 7. The Bertz CT molecular complexity index is 636. The second-order valence-electron chi connectivity index (χ2n) is 8.05. The molecular formula is C20H34N4O3. The first-order valence-electron chi connectivity index (χ1n) is 9.32. The third kappa shape index (κ3) is 10.3. The molecule has 7 heteroatoms. The molecule has 27 heavy (non-hydrogen) atoms. The molecule has 0 saturated carbocycles. The van der Waals surface area contributed by atoms with E-state index in [-0.39, 0.29) is 5.75 Å². The summed E-state index contributed by atoms with van der Waals surface area (Å²) in [4.78, 5) is 16.5. The molecule has 7 nitrogen and oxygen atoms in total. The number of aliphatic imine (C=N–C) groups is 1. The molecule has 1 aromatic carbocycles. The minimum absolute atomic E-state index is 0.267. The highest BCUT2D eigenvalue weighted by Crippen LogP contribution is 2.11. The lowest BCUT2D eigenvalue weighted by Crippen LogP contribution is -2.49. The molecule has 0 unspecified atom stereocenters. The van der Waals surface area contributed by atoms with Crippen molar-refractivity contribution in [2.45, 2.75) is 59.1 Å². The van der Waals surface area contributed by atoms with Crippen molar-refractivity contribution in [3.63, 3.8) is 0 Å². The van der Waals surface area contributed by atoms with Crippen molar-refractivity contribution in [1.29, 1.82) is 0 Å². The van der Waals surface area contributed by atoms with Gasteiger partial charge in [0.2, 0.25) is 0 Å². The van der Waals surface area contributed by atoms with E-state index in [0.717, 1.165) is 18.5 Å². The van der Waals surface area contributed by atoms with Gasteiger partial charge in [-0.2, -0.15) is 0 Å². The van der Waals surface area contributed by atoms with Crippen LogP contribution in [0.15, 0.2) is 29.3 Å². The van der Waals surface area contributed by atoms with Gasteiger partial charge >= 0.3 is 6.09 Å². The zero-order chi connectivity index (χ0) is 20.5. The number of alkyl carbamates (subject to hydrolysis) is 1. The van der Waals surface area contributed by atoms with Crippen LogP contribution in [0.3, 0.4) is 0 Å². The second kappa shape index (κ2) is 10.0. The third-order valence-electron chi connectivity index (χ3n) is 3.43. The molecule has 1 aromatic rings. The summed E-state index contributed by atoms with van der Waals surface area (Å²) in [5.74, 6) is 0.944. The van der Waals surface area contributed by atoms with Gasteiger partial charge in [-0.3, -0.25) is 4.99 Å².